The fourth-order valence-corrected chi connectivity index (χ4v) is 3.38. The Hall–Kier alpha value is -1.40. The van der Waals surface area contributed by atoms with Gasteiger partial charge in [-0.25, -0.2) is 0 Å². The van der Waals surface area contributed by atoms with Crippen molar-refractivity contribution in [2.45, 2.75) is 38.3 Å². The van der Waals surface area contributed by atoms with E-state index in [9.17, 15) is 4.79 Å². The Labute approximate surface area is 125 Å². The van der Waals surface area contributed by atoms with Crippen molar-refractivity contribution >= 4 is 5.91 Å². The SMILES string of the molecule is N[C@@H]1CCC[C@H](C(=O)N2CCN(Cc3ccon3)CC2)C1. The van der Waals surface area contributed by atoms with Crippen LogP contribution in [0.2, 0.25) is 0 Å². The number of amides is 1. The first-order valence-electron chi connectivity index (χ1n) is 7.88. The number of piperazine rings is 1. The Kier molecular flexibility index (Phi) is 4.55. The van der Waals surface area contributed by atoms with E-state index in [1.54, 1.807) is 6.26 Å². The van der Waals surface area contributed by atoms with Gasteiger partial charge in [0.25, 0.3) is 0 Å². The van der Waals surface area contributed by atoms with Gasteiger partial charge in [-0.1, -0.05) is 11.6 Å². The third-order valence-corrected chi connectivity index (χ3v) is 4.62. The summed E-state index contributed by atoms with van der Waals surface area (Å²) in [6.07, 6.45) is 5.62. The number of rotatable bonds is 3. The largest absolute Gasteiger partial charge is 0.364 e. The maximum Gasteiger partial charge on any atom is 0.225 e. The van der Waals surface area contributed by atoms with Gasteiger partial charge in [-0.3, -0.25) is 9.69 Å². The van der Waals surface area contributed by atoms with Crippen LogP contribution in [0.25, 0.3) is 0 Å². The zero-order valence-corrected chi connectivity index (χ0v) is 12.4. The summed E-state index contributed by atoms with van der Waals surface area (Å²) >= 11 is 0. The van der Waals surface area contributed by atoms with Gasteiger partial charge < -0.3 is 15.2 Å². The molecule has 2 N–H and O–H groups in total. The second-order valence-corrected chi connectivity index (χ2v) is 6.22. The minimum Gasteiger partial charge on any atom is -0.364 e. The van der Waals surface area contributed by atoms with Gasteiger partial charge in [-0.05, 0) is 19.3 Å². The van der Waals surface area contributed by atoms with Gasteiger partial charge in [-0.15, -0.1) is 0 Å². The summed E-state index contributed by atoms with van der Waals surface area (Å²) < 4.78 is 4.85. The van der Waals surface area contributed by atoms with Crippen molar-refractivity contribution in [2.24, 2.45) is 11.7 Å². The van der Waals surface area contributed by atoms with Crippen molar-refractivity contribution in [3.63, 3.8) is 0 Å². The van der Waals surface area contributed by atoms with Crippen LogP contribution in [-0.4, -0.2) is 53.1 Å². The lowest BCUT2D eigenvalue weighted by Crippen LogP contribution is -2.51. The summed E-state index contributed by atoms with van der Waals surface area (Å²) in [5.41, 5.74) is 6.95. The number of hydrogen-bond acceptors (Lipinski definition) is 5. The predicted molar refractivity (Wildman–Crippen MR) is 78.3 cm³/mol. The van der Waals surface area contributed by atoms with Crippen LogP contribution in [0, 0.1) is 5.92 Å². The predicted octanol–water partition coefficient (Wildman–Crippen LogP) is 0.836. The third kappa shape index (κ3) is 3.63. The Morgan fingerprint density at radius 1 is 1.33 bits per heavy atom. The molecule has 2 fully saturated rings. The van der Waals surface area contributed by atoms with Crippen LogP contribution in [0.5, 0.6) is 0 Å². The molecule has 1 amide bonds. The summed E-state index contributed by atoms with van der Waals surface area (Å²) in [5.74, 6) is 0.460. The molecular formula is C15H24N4O2. The number of carbonyl (C=O) groups excluding carboxylic acids is 1. The molecule has 0 radical (unpaired) electrons. The molecule has 1 aromatic rings. The molecule has 2 atom stereocenters. The summed E-state index contributed by atoms with van der Waals surface area (Å²) in [6.45, 7) is 4.21. The van der Waals surface area contributed by atoms with Gasteiger partial charge in [-0.2, -0.15) is 0 Å². The lowest BCUT2D eigenvalue weighted by molar-refractivity contribution is -0.138. The highest BCUT2D eigenvalue weighted by atomic mass is 16.5. The van der Waals surface area contributed by atoms with Gasteiger partial charge in [0.2, 0.25) is 5.91 Å². The molecule has 3 rings (SSSR count). The van der Waals surface area contributed by atoms with Gasteiger partial charge in [0.15, 0.2) is 0 Å². The van der Waals surface area contributed by atoms with E-state index in [4.69, 9.17) is 10.3 Å². The van der Waals surface area contributed by atoms with E-state index in [1.807, 2.05) is 11.0 Å². The lowest BCUT2D eigenvalue weighted by atomic mass is 9.85. The monoisotopic (exact) mass is 292 g/mol. The van der Waals surface area contributed by atoms with Crippen molar-refractivity contribution in [1.82, 2.24) is 15.0 Å². The molecule has 0 bridgehead atoms. The van der Waals surface area contributed by atoms with Crippen LogP contribution in [-0.2, 0) is 11.3 Å². The molecule has 0 unspecified atom stereocenters. The van der Waals surface area contributed by atoms with E-state index in [0.717, 1.165) is 64.1 Å². The molecule has 1 saturated heterocycles. The molecule has 2 aliphatic rings. The smallest absolute Gasteiger partial charge is 0.225 e. The molecule has 0 aromatic carbocycles. The second kappa shape index (κ2) is 6.58. The Morgan fingerprint density at radius 3 is 2.81 bits per heavy atom. The highest BCUT2D eigenvalue weighted by molar-refractivity contribution is 5.79. The van der Waals surface area contributed by atoms with Crippen molar-refractivity contribution in [2.75, 3.05) is 26.2 Å². The molecule has 0 spiro atoms. The minimum absolute atomic E-state index is 0.149. The van der Waals surface area contributed by atoms with Crippen LogP contribution in [0.4, 0.5) is 0 Å². The van der Waals surface area contributed by atoms with E-state index in [1.165, 1.54) is 0 Å². The second-order valence-electron chi connectivity index (χ2n) is 6.22. The number of carbonyl (C=O) groups is 1. The maximum atomic E-state index is 12.5. The van der Waals surface area contributed by atoms with E-state index in [2.05, 4.69) is 10.1 Å². The molecule has 2 heterocycles. The zero-order chi connectivity index (χ0) is 14.7. The summed E-state index contributed by atoms with van der Waals surface area (Å²) in [4.78, 5) is 16.9. The fraction of sp³-hybridized carbons (Fsp3) is 0.733. The average Bonchev–Trinajstić information content (AvgIpc) is 3.00. The van der Waals surface area contributed by atoms with Gasteiger partial charge in [0.05, 0.1) is 5.69 Å². The highest BCUT2D eigenvalue weighted by Gasteiger charge is 2.30. The third-order valence-electron chi connectivity index (χ3n) is 4.62. The summed E-state index contributed by atoms with van der Waals surface area (Å²) in [7, 11) is 0. The Morgan fingerprint density at radius 2 is 2.14 bits per heavy atom. The molecule has 6 heteroatoms. The van der Waals surface area contributed by atoms with Crippen molar-refractivity contribution in [3.05, 3.63) is 18.0 Å². The number of nitrogens with two attached hydrogens (primary N) is 1. The topological polar surface area (TPSA) is 75.6 Å². The fourth-order valence-electron chi connectivity index (χ4n) is 3.38. The number of aromatic nitrogens is 1. The number of hydrogen-bond donors (Lipinski definition) is 1. The lowest BCUT2D eigenvalue weighted by Gasteiger charge is -2.37. The summed E-state index contributed by atoms with van der Waals surface area (Å²) in [6, 6.07) is 2.10. The van der Waals surface area contributed by atoms with Crippen molar-refractivity contribution in [3.8, 4) is 0 Å². The molecule has 21 heavy (non-hydrogen) atoms. The quantitative estimate of drug-likeness (QED) is 0.893. The summed E-state index contributed by atoms with van der Waals surface area (Å²) in [5, 5.41) is 3.94. The Balaban J connectivity index is 1.47. The van der Waals surface area contributed by atoms with Crippen LogP contribution in [0.3, 0.4) is 0 Å². The van der Waals surface area contributed by atoms with Crippen LogP contribution < -0.4 is 5.73 Å². The van der Waals surface area contributed by atoms with Crippen molar-refractivity contribution < 1.29 is 9.32 Å². The van der Waals surface area contributed by atoms with E-state index in [-0.39, 0.29) is 12.0 Å². The van der Waals surface area contributed by atoms with Crippen LogP contribution in [0.15, 0.2) is 16.9 Å². The van der Waals surface area contributed by atoms with Gasteiger partial charge >= 0.3 is 0 Å². The molecule has 6 nitrogen and oxygen atoms in total. The molecular weight excluding hydrogens is 268 g/mol. The van der Waals surface area contributed by atoms with Crippen LogP contribution >= 0.6 is 0 Å². The molecule has 1 aliphatic carbocycles. The van der Waals surface area contributed by atoms with E-state index in [0.29, 0.717) is 5.91 Å². The molecule has 1 aliphatic heterocycles. The standard InChI is InChI=1S/C15H24N4O2/c16-13-3-1-2-12(10-13)15(20)19-7-5-18(6-8-19)11-14-4-9-21-17-14/h4,9,12-13H,1-3,5-8,10-11,16H2/t12-,13+/m0/s1. The normalized spacial score (nSPS) is 27.8. The zero-order valence-electron chi connectivity index (χ0n) is 12.4. The first-order valence-corrected chi connectivity index (χ1v) is 7.88. The van der Waals surface area contributed by atoms with Gasteiger partial charge in [0, 0.05) is 50.7 Å². The van der Waals surface area contributed by atoms with Crippen molar-refractivity contribution in [1.29, 1.82) is 0 Å². The van der Waals surface area contributed by atoms with E-state index < -0.39 is 0 Å². The minimum atomic E-state index is 0.149. The van der Waals surface area contributed by atoms with Crippen LogP contribution in [0.1, 0.15) is 31.4 Å². The van der Waals surface area contributed by atoms with Gasteiger partial charge in [0.1, 0.15) is 6.26 Å². The Bertz CT molecular complexity index is 454. The van der Waals surface area contributed by atoms with E-state index >= 15 is 0 Å². The average molecular weight is 292 g/mol. The first-order chi connectivity index (χ1) is 10.2. The molecule has 1 aromatic heterocycles. The first kappa shape index (κ1) is 14.5. The molecule has 1 saturated carbocycles. The maximum absolute atomic E-state index is 12.5. The molecule has 116 valence electrons. The highest BCUT2D eigenvalue weighted by Crippen LogP contribution is 2.25. The number of nitrogens with zero attached hydrogens (tertiary/aromatic N) is 3.